The largest absolute Gasteiger partial charge is 0.494 e. The molecule has 0 radical (unpaired) electrons. The van der Waals surface area contributed by atoms with E-state index >= 15 is 0 Å². The van der Waals surface area contributed by atoms with Gasteiger partial charge in [-0.25, -0.2) is 0 Å². The number of aromatic amines is 1. The van der Waals surface area contributed by atoms with Crippen LogP contribution in [0.5, 0.6) is 5.75 Å². The molecule has 0 bridgehead atoms. The van der Waals surface area contributed by atoms with Crippen LogP contribution in [0.1, 0.15) is 36.2 Å². The summed E-state index contributed by atoms with van der Waals surface area (Å²) in [4.78, 5) is 35.8. The number of ether oxygens (including phenoxy) is 1. The van der Waals surface area contributed by atoms with Gasteiger partial charge in [-0.2, -0.15) is 0 Å². The Morgan fingerprint density at radius 1 is 1.09 bits per heavy atom. The van der Waals surface area contributed by atoms with Gasteiger partial charge in [0.25, 0.3) is 0 Å². The highest BCUT2D eigenvalue weighted by molar-refractivity contribution is 5.97. The van der Waals surface area contributed by atoms with E-state index in [1.54, 1.807) is 4.90 Å². The highest BCUT2D eigenvalue weighted by Crippen LogP contribution is 2.44. The van der Waals surface area contributed by atoms with Crippen LogP contribution >= 0.6 is 0 Å². The molecule has 5 rings (SSSR count). The summed E-state index contributed by atoms with van der Waals surface area (Å²) in [6, 6.07) is 15.1. The van der Waals surface area contributed by atoms with Crippen molar-refractivity contribution in [1.82, 2.24) is 14.8 Å². The molecular formula is C27H33N4O3+. The lowest BCUT2D eigenvalue weighted by molar-refractivity contribution is -0.858. The fourth-order valence-corrected chi connectivity index (χ4v) is 5.45. The van der Waals surface area contributed by atoms with Crippen LogP contribution in [0.15, 0.2) is 48.5 Å². The van der Waals surface area contributed by atoms with Crippen molar-refractivity contribution >= 4 is 22.7 Å². The Labute approximate surface area is 200 Å². The maximum absolute atomic E-state index is 13.7. The number of para-hydroxylation sites is 2. The van der Waals surface area contributed by atoms with Gasteiger partial charge < -0.3 is 24.4 Å². The van der Waals surface area contributed by atoms with Crippen LogP contribution in [0, 0.1) is 0 Å². The minimum atomic E-state index is -0.514. The lowest BCUT2D eigenvalue weighted by Crippen LogP contribution is -3.05. The van der Waals surface area contributed by atoms with Crippen molar-refractivity contribution in [3.8, 4) is 5.75 Å². The third-order valence-corrected chi connectivity index (χ3v) is 6.96. The number of nitrogens with zero attached hydrogens (tertiary/aromatic N) is 2. The maximum atomic E-state index is 13.7. The SMILES string of the molecule is CCOc1ccccc1[C@H]1c2[nH]c3ccccc3c2C[C@H]2C(=O)N(CCC[NH+](C)C)CC(=O)N12. The number of nitrogens with one attached hydrogen (secondary N) is 2. The van der Waals surface area contributed by atoms with Gasteiger partial charge in [-0.15, -0.1) is 0 Å². The average Bonchev–Trinajstić information content (AvgIpc) is 3.20. The van der Waals surface area contributed by atoms with Crippen LogP contribution in [0.4, 0.5) is 0 Å². The van der Waals surface area contributed by atoms with Gasteiger partial charge in [-0.3, -0.25) is 9.59 Å². The third-order valence-electron chi connectivity index (χ3n) is 6.96. The van der Waals surface area contributed by atoms with Crippen molar-refractivity contribution in [2.75, 3.05) is 40.3 Å². The Hall–Kier alpha value is -3.32. The molecule has 7 heteroatoms. The Morgan fingerprint density at radius 2 is 1.85 bits per heavy atom. The quantitative estimate of drug-likeness (QED) is 0.564. The fourth-order valence-electron chi connectivity index (χ4n) is 5.45. The first-order valence-electron chi connectivity index (χ1n) is 12.2. The molecule has 1 saturated heterocycles. The molecule has 3 heterocycles. The number of quaternary nitrogens is 1. The van der Waals surface area contributed by atoms with Gasteiger partial charge in [-0.1, -0.05) is 36.4 Å². The van der Waals surface area contributed by atoms with Gasteiger partial charge in [0.15, 0.2) is 0 Å². The summed E-state index contributed by atoms with van der Waals surface area (Å²) in [6.07, 6.45) is 1.40. The number of hydrogen-bond donors (Lipinski definition) is 2. The van der Waals surface area contributed by atoms with Gasteiger partial charge >= 0.3 is 0 Å². The Kier molecular flexibility index (Phi) is 6.04. The van der Waals surface area contributed by atoms with Gasteiger partial charge in [0, 0.05) is 41.5 Å². The van der Waals surface area contributed by atoms with E-state index in [4.69, 9.17) is 4.74 Å². The Morgan fingerprint density at radius 3 is 2.65 bits per heavy atom. The van der Waals surface area contributed by atoms with Crippen LogP contribution < -0.4 is 9.64 Å². The van der Waals surface area contributed by atoms with E-state index in [2.05, 4.69) is 31.2 Å². The number of fused-ring (bicyclic) bond motifs is 4. The van der Waals surface area contributed by atoms with Gasteiger partial charge in [0.05, 0.1) is 33.8 Å². The van der Waals surface area contributed by atoms with Crippen molar-refractivity contribution in [3.63, 3.8) is 0 Å². The molecule has 2 atom stereocenters. The number of rotatable bonds is 7. The van der Waals surface area contributed by atoms with E-state index < -0.39 is 12.1 Å². The maximum Gasteiger partial charge on any atom is 0.246 e. The zero-order valence-corrected chi connectivity index (χ0v) is 20.1. The van der Waals surface area contributed by atoms with Crippen LogP contribution in [-0.2, 0) is 16.0 Å². The predicted octanol–water partition coefficient (Wildman–Crippen LogP) is 1.79. The molecule has 0 saturated carbocycles. The number of amides is 2. The molecule has 0 aliphatic carbocycles. The minimum absolute atomic E-state index is 0.0117. The topological polar surface area (TPSA) is 70.1 Å². The molecule has 1 fully saturated rings. The fraction of sp³-hybridized carbons (Fsp3) is 0.407. The first-order valence-corrected chi connectivity index (χ1v) is 12.2. The third kappa shape index (κ3) is 3.84. The van der Waals surface area contributed by atoms with E-state index in [9.17, 15) is 9.59 Å². The highest BCUT2D eigenvalue weighted by Gasteiger charge is 2.48. The number of benzene rings is 2. The molecule has 2 N–H and O–H groups in total. The number of carbonyl (C=O) groups excluding carboxylic acids is 2. The lowest BCUT2D eigenvalue weighted by Gasteiger charge is -2.47. The normalized spacial score (nSPS) is 20.1. The summed E-state index contributed by atoms with van der Waals surface area (Å²) >= 11 is 0. The van der Waals surface area contributed by atoms with E-state index in [-0.39, 0.29) is 18.4 Å². The second-order valence-corrected chi connectivity index (χ2v) is 9.53. The van der Waals surface area contributed by atoms with Crippen LogP contribution in [0.2, 0.25) is 0 Å². The van der Waals surface area contributed by atoms with Crippen molar-refractivity contribution < 1.29 is 19.2 Å². The number of hydrogen-bond acceptors (Lipinski definition) is 3. The Bertz CT molecular complexity index is 1220. The average molecular weight is 462 g/mol. The molecule has 34 heavy (non-hydrogen) atoms. The van der Waals surface area contributed by atoms with Gasteiger partial charge in [0.1, 0.15) is 17.8 Å². The van der Waals surface area contributed by atoms with Crippen molar-refractivity contribution in [2.24, 2.45) is 0 Å². The molecule has 178 valence electrons. The zero-order chi connectivity index (χ0) is 23.8. The summed E-state index contributed by atoms with van der Waals surface area (Å²) in [6.45, 7) is 4.18. The molecule has 1 aromatic heterocycles. The molecule has 2 amide bonds. The Balaban J connectivity index is 1.61. The molecule has 2 aromatic carbocycles. The number of carbonyl (C=O) groups is 2. The molecule has 7 nitrogen and oxygen atoms in total. The number of aromatic nitrogens is 1. The van der Waals surface area contributed by atoms with E-state index in [0.29, 0.717) is 19.6 Å². The summed E-state index contributed by atoms with van der Waals surface area (Å²) in [5.41, 5.74) is 4.04. The van der Waals surface area contributed by atoms with E-state index in [1.807, 2.05) is 48.2 Å². The molecule has 0 spiro atoms. The van der Waals surface area contributed by atoms with Crippen LogP contribution in [-0.4, -0.2) is 73.0 Å². The number of piperazine rings is 1. The highest BCUT2D eigenvalue weighted by atomic mass is 16.5. The second-order valence-electron chi connectivity index (χ2n) is 9.53. The van der Waals surface area contributed by atoms with Crippen LogP contribution in [0.3, 0.4) is 0 Å². The molecule has 3 aromatic rings. The van der Waals surface area contributed by atoms with Crippen molar-refractivity contribution in [2.45, 2.75) is 31.8 Å². The summed E-state index contributed by atoms with van der Waals surface area (Å²) in [7, 11) is 4.20. The van der Waals surface area contributed by atoms with Gasteiger partial charge in [-0.05, 0) is 24.6 Å². The van der Waals surface area contributed by atoms with Crippen LogP contribution in [0.25, 0.3) is 10.9 Å². The smallest absolute Gasteiger partial charge is 0.246 e. The summed E-state index contributed by atoms with van der Waals surface area (Å²) < 4.78 is 5.97. The molecule has 0 unspecified atom stereocenters. The molecule has 2 aliphatic rings. The summed E-state index contributed by atoms with van der Waals surface area (Å²) in [5, 5.41) is 1.12. The van der Waals surface area contributed by atoms with Crippen molar-refractivity contribution in [3.05, 3.63) is 65.4 Å². The standard InChI is InChI=1S/C27H32N4O3/c1-4-34-23-13-8-6-11-19(23)26-25-20(18-10-5-7-12-21(18)28-25)16-22-27(33)30(15-9-14-29(2)3)17-24(32)31(22)26/h5-8,10-13,22,26,28H,4,9,14-17H2,1-3H3/p+1/t22-,26-/m0/s1. The predicted molar refractivity (Wildman–Crippen MR) is 131 cm³/mol. The monoisotopic (exact) mass is 461 g/mol. The summed E-state index contributed by atoms with van der Waals surface area (Å²) in [5.74, 6) is 0.780. The lowest BCUT2D eigenvalue weighted by atomic mass is 9.86. The first-order chi connectivity index (χ1) is 16.5. The van der Waals surface area contributed by atoms with E-state index in [0.717, 1.165) is 46.4 Å². The van der Waals surface area contributed by atoms with Crippen molar-refractivity contribution in [1.29, 1.82) is 0 Å². The zero-order valence-electron chi connectivity index (χ0n) is 20.1. The second kappa shape index (κ2) is 9.14. The minimum Gasteiger partial charge on any atom is -0.494 e. The molecular weight excluding hydrogens is 428 g/mol. The first kappa shape index (κ1) is 22.5. The van der Waals surface area contributed by atoms with E-state index in [1.165, 1.54) is 4.90 Å². The number of H-pyrrole nitrogens is 1. The van der Waals surface area contributed by atoms with Gasteiger partial charge in [0.2, 0.25) is 11.8 Å². The molecule has 2 aliphatic heterocycles.